The fraction of sp³-hybridized carbons (Fsp3) is 0.812. The monoisotopic (exact) mass is 293 g/mol. The van der Waals surface area contributed by atoms with E-state index in [1.165, 1.54) is 62.9 Å². The Bertz CT molecular complexity index is 392. The second-order valence-electron chi connectivity index (χ2n) is 6.37. The van der Waals surface area contributed by atoms with E-state index in [9.17, 15) is 0 Å². The standard InChI is InChI=1S/C16H27N3S/c1-17-15(11-14-12-18-13-20-14)16(7-3-4-8-16)19-9-5-2-6-10-19/h12-13,15,17H,2-11H2,1H3. The highest BCUT2D eigenvalue weighted by Crippen LogP contribution is 2.40. The van der Waals surface area contributed by atoms with Gasteiger partial charge in [-0.05, 0) is 45.8 Å². The molecule has 3 rings (SSSR count). The first-order valence-electron chi connectivity index (χ1n) is 8.15. The zero-order chi connectivity index (χ0) is 13.8. The molecule has 0 amide bonds. The number of hydrogen-bond acceptors (Lipinski definition) is 4. The molecule has 3 nitrogen and oxygen atoms in total. The summed E-state index contributed by atoms with van der Waals surface area (Å²) in [6.45, 7) is 2.61. The molecular formula is C16H27N3S. The van der Waals surface area contributed by atoms with Crippen molar-refractivity contribution in [1.82, 2.24) is 15.2 Å². The summed E-state index contributed by atoms with van der Waals surface area (Å²) in [4.78, 5) is 8.50. The second-order valence-corrected chi connectivity index (χ2v) is 7.34. The van der Waals surface area contributed by atoms with Crippen LogP contribution in [0, 0.1) is 0 Å². The Labute approximate surface area is 126 Å². The maximum absolute atomic E-state index is 4.25. The highest BCUT2D eigenvalue weighted by molar-refractivity contribution is 7.09. The highest BCUT2D eigenvalue weighted by Gasteiger charge is 2.45. The van der Waals surface area contributed by atoms with Gasteiger partial charge < -0.3 is 5.32 Å². The maximum atomic E-state index is 4.25. The Morgan fingerprint density at radius 2 is 2.00 bits per heavy atom. The minimum Gasteiger partial charge on any atom is -0.315 e. The quantitative estimate of drug-likeness (QED) is 0.904. The Morgan fingerprint density at radius 1 is 1.25 bits per heavy atom. The lowest BCUT2D eigenvalue weighted by Crippen LogP contribution is -2.61. The number of thiazole rings is 1. The van der Waals surface area contributed by atoms with Crippen LogP contribution in [0.5, 0.6) is 0 Å². The topological polar surface area (TPSA) is 28.2 Å². The summed E-state index contributed by atoms with van der Waals surface area (Å²) in [7, 11) is 2.15. The molecule has 1 aliphatic carbocycles. The van der Waals surface area contributed by atoms with Crippen LogP contribution in [0.3, 0.4) is 0 Å². The zero-order valence-electron chi connectivity index (χ0n) is 12.6. The van der Waals surface area contributed by atoms with E-state index >= 15 is 0 Å². The zero-order valence-corrected chi connectivity index (χ0v) is 13.4. The van der Waals surface area contributed by atoms with Gasteiger partial charge in [0.2, 0.25) is 0 Å². The number of likely N-dealkylation sites (tertiary alicyclic amines) is 1. The molecule has 1 saturated carbocycles. The summed E-state index contributed by atoms with van der Waals surface area (Å²) in [6, 6.07) is 0.573. The van der Waals surface area contributed by atoms with E-state index in [-0.39, 0.29) is 0 Å². The van der Waals surface area contributed by atoms with Crippen molar-refractivity contribution in [2.75, 3.05) is 20.1 Å². The van der Waals surface area contributed by atoms with Crippen LogP contribution in [0.25, 0.3) is 0 Å². The van der Waals surface area contributed by atoms with Crippen molar-refractivity contribution in [3.63, 3.8) is 0 Å². The van der Waals surface area contributed by atoms with Gasteiger partial charge in [0.25, 0.3) is 0 Å². The van der Waals surface area contributed by atoms with Crippen LogP contribution in [0.1, 0.15) is 49.8 Å². The van der Waals surface area contributed by atoms with Gasteiger partial charge in [0.1, 0.15) is 0 Å². The molecule has 0 radical (unpaired) electrons. The predicted molar refractivity (Wildman–Crippen MR) is 85.3 cm³/mol. The molecule has 1 unspecified atom stereocenters. The van der Waals surface area contributed by atoms with Gasteiger partial charge in [0.05, 0.1) is 5.51 Å². The number of piperidine rings is 1. The number of nitrogens with one attached hydrogen (secondary N) is 1. The largest absolute Gasteiger partial charge is 0.315 e. The molecule has 2 heterocycles. The summed E-state index contributed by atoms with van der Waals surface area (Å²) in [6.07, 6.45) is 12.9. The normalized spacial score (nSPS) is 24.9. The van der Waals surface area contributed by atoms with Gasteiger partial charge in [0.15, 0.2) is 0 Å². The number of aromatic nitrogens is 1. The first kappa shape index (κ1) is 14.5. The van der Waals surface area contributed by atoms with E-state index < -0.39 is 0 Å². The third-order valence-electron chi connectivity index (χ3n) is 5.34. The Balaban J connectivity index is 1.79. The van der Waals surface area contributed by atoms with Crippen molar-refractivity contribution < 1.29 is 0 Å². The molecule has 112 valence electrons. The van der Waals surface area contributed by atoms with E-state index in [2.05, 4.69) is 22.2 Å². The molecule has 1 saturated heterocycles. The number of nitrogens with zero attached hydrogens (tertiary/aromatic N) is 2. The second kappa shape index (κ2) is 6.54. The number of hydrogen-bond donors (Lipinski definition) is 1. The third kappa shape index (κ3) is 2.78. The van der Waals surface area contributed by atoms with Gasteiger partial charge >= 0.3 is 0 Å². The lowest BCUT2D eigenvalue weighted by Gasteiger charge is -2.48. The number of rotatable bonds is 5. The molecule has 1 aliphatic heterocycles. The smallest absolute Gasteiger partial charge is 0.0794 e. The molecule has 0 spiro atoms. The molecular weight excluding hydrogens is 266 g/mol. The van der Waals surface area contributed by atoms with Crippen LogP contribution in [-0.2, 0) is 6.42 Å². The highest BCUT2D eigenvalue weighted by atomic mass is 32.1. The minimum absolute atomic E-state index is 0.402. The van der Waals surface area contributed by atoms with Crippen molar-refractivity contribution >= 4 is 11.3 Å². The molecule has 1 aromatic rings. The Hall–Kier alpha value is -0.450. The average molecular weight is 293 g/mol. The van der Waals surface area contributed by atoms with Crippen LogP contribution >= 0.6 is 11.3 Å². The first-order chi connectivity index (χ1) is 9.85. The van der Waals surface area contributed by atoms with Crippen molar-refractivity contribution in [2.45, 2.75) is 62.9 Å². The summed E-state index contributed by atoms with van der Waals surface area (Å²) in [5.74, 6) is 0. The molecule has 2 aliphatic rings. The molecule has 20 heavy (non-hydrogen) atoms. The van der Waals surface area contributed by atoms with Crippen molar-refractivity contribution in [3.8, 4) is 0 Å². The first-order valence-corrected chi connectivity index (χ1v) is 9.03. The van der Waals surface area contributed by atoms with Gasteiger partial charge in [-0.25, -0.2) is 0 Å². The minimum atomic E-state index is 0.402. The van der Waals surface area contributed by atoms with E-state index in [1.54, 1.807) is 11.3 Å². The number of likely N-dealkylation sites (N-methyl/N-ethyl adjacent to an activating group) is 1. The Kier molecular flexibility index (Phi) is 4.74. The summed E-state index contributed by atoms with van der Waals surface area (Å²) in [5.41, 5.74) is 2.36. The van der Waals surface area contributed by atoms with Crippen LogP contribution in [-0.4, -0.2) is 41.6 Å². The van der Waals surface area contributed by atoms with E-state index in [0.29, 0.717) is 11.6 Å². The predicted octanol–water partition coefficient (Wildman–Crippen LogP) is 3.07. The molecule has 0 bridgehead atoms. The fourth-order valence-corrected chi connectivity index (χ4v) is 4.96. The SMILES string of the molecule is CNC(Cc1cncs1)C1(N2CCCCC2)CCCC1. The van der Waals surface area contributed by atoms with Gasteiger partial charge in [-0.2, -0.15) is 0 Å². The van der Waals surface area contributed by atoms with Crippen LogP contribution in [0.15, 0.2) is 11.7 Å². The molecule has 0 aromatic carbocycles. The molecule has 1 atom stereocenters. The fourth-order valence-electron chi connectivity index (χ4n) is 4.32. The van der Waals surface area contributed by atoms with Crippen LogP contribution in [0.2, 0.25) is 0 Å². The van der Waals surface area contributed by atoms with Crippen LogP contribution < -0.4 is 5.32 Å². The maximum Gasteiger partial charge on any atom is 0.0794 e. The van der Waals surface area contributed by atoms with E-state index in [0.717, 1.165) is 6.42 Å². The lowest BCUT2D eigenvalue weighted by atomic mass is 9.82. The van der Waals surface area contributed by atoms with Crippen LogP contribution in [0.4, 0.5) is 0 Å². The summed E-state index contributed by atoms with van der Waals surface area (Å²) < 4.78 is 0. The van der Waals surface area contributed by atoms with Gasteiger partial charge in [-0.15, -0.1) is 11.3 Å². The Morgan fingerprint density at radius 3 is 2.60 bits per heavy atom. The third-order valence-corrected chi connectivity index (χ3v) is 6.14. The summed E-state index contributed by atoms with van der Waals surface area (Å²) >= 11 is 1.80. The molecule has 1 N–H and O–H groups in total. The van der Waals surface area contributed by atoms with E-state index in [4.69, 9.17) is 0 Å². The van der Waals surface area contributed by atoms with Gasteiger partial charge in [-0.1, -0.05) is 19.3 Å². The van der Waals surface area contributed by atoms with Crippen molar-refractivity contribution in [2.24, 2.45) is 0 Å². The molecule has 2 fully saturated rings. The summed E-state index contributed by atoms with van der Waals surface area (Å²) in [5, 5.41) is 3.66. The van der Waals surface area contributed by atoms with Gasteiger partial charge in [0, 0.05) is 29.1 Å². The molecule has 1 aromatic heterocycles. The lowest BCUT2D eigenvalue weighted by molar-refractivity contribution is 0.0391. The van der Waals surface area contributed by atoms with E-state index in [1.807, 2.05) is 11.7 Å². The average Bonchev–Trinajstić information content (AvgIpc) is 3.18. The van der Waals surface area contributed by atoms with Crippen molar-refractivity contribution in [3.05, 3.63) is 16.6 Å². The van der Waals surface area contributed by atoms with Gasteiger partial charge in [-0.3, -0.25) is 9.88 Å². The molecule has 4 heteroatoms. The van der Waals surface area contributed by atoms with Crippen molar-refractivity contribution in [1.29, 1.82) is 0 Å².